The van der Waals surface area contributed by atoms with Crippen molar-refractivity contribution >= 4 is 5.91 Å². The molecule has 1 aliphatic carbocycles. The van der Waals surface area contributed by atoms with Crippen LogP contribution in [-0.2, 0) is 0 Å². The van der Waals surface area contributed by atoms with E-state index in [1.54, 1.807) is 12.4 Å². The fourth-order valence-corrected chi connectivity index (χ4v) is 6.19. The molecule has 1 saturated carbocycles. The van der Waals surface area contributed by atoms with Gasteiger partial charge in [-0.15, -0.1) is 0 Å². The van der Waals surface area contributed by atoms with Crippen LogP contribution in [0.4, 0.5) is 0 Å². The van der Waals surface area contributed by atoms with Gasteiger partial charge in [-0.05, 0) is 55.9 Å². The minimum atomic E-state index is 0.121. The monoisotopic (exact) mass is 402 g/mol. The third-order valence-electron chi connectivity index (χ3n) is 7.72. The number of likely N-dealkylation sites (tertiary alicyclic amines) is 1. The Morgan fingerprint density at radius 1 is 0.933 bits per heavy atom. The fourth-order valence-electron chi connectivity index (χ4n) is 6.19. The molecule has 5 nitrogen and oxygen atoms in total. The lowest BCUT2D eigenvalue weighted by Crippen LogP contribution is -2.60. The second-order valence-corrected chi connectivity index (χ2v) is 9.80. The summed E-state index contributed by atoms with van der Waals surface area (Å²) >= 11 is 0. The summed E-state index contributed by atoms with van der Waals surface area (Å²) in [5.41, 5.74) is 2.12. The molecule has 0 unspecified atom stereocenters. The topological polar surface area (TPSA) is 49.3 Å². The highest BCUT2D eigenvalue weighted by Crippen LogP contribution is 2.44. The van der Waals surface area contributed by atoms with Gasteiger partial charge in [-0.1, -0.05) is 30.3 Å². The van der Waals surface area contributed by atoms with Gasteiger partial charge in [0, 0.05) is 50.0 Å². The van der Waals surface area contributed by atoms with Crippen LogP contribution in [0.25, 0.3) is 0 Å². The average Bonchev–Trinajstić information content (AvgIpc) is 3.64. The predicted molar refractivity (Wildman–Crippen MR) is 115 cm³/mol. The number of nitrogens with zero attached hydrogens (tertiary/aromatic N) is 4. The van der Waals surface area contributed by atoms with E-state index in [1.807, 2.05) is 0 Å². The predicted octanol–water partition coefficient (Wildman–Crippen LogP) is 4.04. The summed E-state index contributed by atoms with van der Waals surface area (Å²) in [7, 11) is 0. The van der Waals surface area contributed by atoms with Gasteiger partial charge in [0.05, 0.1) is 5.56 Å². The van der Waals surface area contributed by atoms with E-state index in [2.05, 4.69) is 50.1 Å². The van der Waals surface area contributed by atoms with E-state index in [1.165, 1.54) is 44.1 Å². The van der Waals surface area contributed by atoms with E-state index in [4.69, 9.17) is 0 Å². The summed E-state index contributed by atoms with van der Waals surface area (Å²) in [4.78, 5) is 27.0. The first-order valence-electron chi connectivity index (χ1n) is 11.7. The molecule has 3 saturated heterocycles. The first-order chi connectivity index (χ1) is 14.8. The third-order valence-corrected chi connectivity index (χ3v) is 7.72. The number of fused-ring (bicyclic) bond motifs is 4. The molecule has 1 aromatic carbocycles. The number of carbonyl (C=O) groups excluding carboxylic acids is 1. The van der Waals surface area contributed by atoms with Crippen LogP contribution in [0.15, 0.2) is 42.7 Å². The van der Waals surface area contributed by atoms with Crippen molar-refractivity contribution in [2.45, 2.75) is 56.5 Å². The molecular formula is C25H30N4O. The molecule has 0 N–H and O–H groups in total. The van der Waals surface area contributed by atoms with Crippen molar-refractivity contribution in [2.24, 2.45) is 11.8 Å². The second kappa shape index (κ2) is 7.45. The Hall–Kier alpha value is -2.27. The van der Waals surface area contributed by atoms with Crippen LogP contribution in [-0.4, -0.2) is 51.4 Å². The van der Waals surface area contributed by atoms with Crippen LogP contribution in [0, 0.1) is 11.8 Å². The van der Waals surface area contributed by atoms with Crippen LogP contribution < -0.4 is 0 Å². The molecule has 30 heavy (non-hydrogen) atoms. The zero-order valence-corrected chi connectivity index (χ0v) is 17.5. The molecule has 2 aromatic rings. The molecule has 4 fully saturated rings. The van der Waals surface area contributed by atoms with Crippen molar-refractivity contribution in [1.82, 2.24) is 19.8 Å². The SMILES string of the molecule is O=C(c1cnc(C2CC2)nc1)N1C[C@@H]2C[C@H](C1)[C@@H]1CCC[C@H](c3ccccc3)N1C2. The molecule has 1 amide bonds. The zero-order valence-electron chi connectivity index (χ0n) is 17.5. The molecule has 156 valence electrons. The number of hydrogen-bond acceptors (Lipinski definition) is 4. The molecule has 2 bridgehead atoms. The highest BCUT2D eigenvalue weighted by molar-refractivity contribution is 5.93. The lowest BCUT2D eigenvalue weighted by Gasteiger charge is -2.55. The Balaban J connectivity index is 1.19. The number of amides is 1. The Morgan fingerprint density at radius 3 is 2.50 bits per heavy atom. The largest absolute Gasteiger partial charge is 0.338 e. The molecule has 0 radical (unpaired) electrons. The van der Waals surface area contributed by atoms with Crippen LogP contribution in [0.2, 0.25) is 0 Å². The molecule has 1 aromatic heterocycles. The molecule has 4 heterocycles. The second-order valence-electron chi connectivity index (χ2n) is 9.80. The number of benzene rings is 1. The Bertz CT molecular complexity index is 911. The van der Waals surface area contributed by atoms with Gasteiger partial charge in [0.15, 0.2) is 0 Å². The van der Waals surface area contributed by atoms with Gasteiger partial charge >= 0.3 is 0 Å². The highest BCUT2D eigenvalue weighted by atomic mass is 16.2. The molecule has 6 rings (SSSR count). The van der Waals surface area contributed by atoms with Gasteiger partial charge in [0.1, 0.15) is 5.82 Å². The van der Waals surface area contributed by atoms with E-state index in [0.717, 1.165) is 25.5 Å². The van der Waals surface area contributed by atoms with Crippen LogP contribution in [0.1, 0.15) is 72.2 Å². The van der Waals surface area contributed by atoms with Crippen molar-refractivity contribution in [3.05, 3.63) is 59.7 Å². The lowest BCUT2D eigenvalue weighted by molar-refractivity contribution is -0.0511. The molecule has 3 aliphatic heterocycles. The van der Waals surface area contributed by atoms with Gasteiger partial charge in [0.2, 0.25) is 0 Å². The van der Waals surface area contributed by atoms with Gasteiger partial charge in [-0.25, -0.2) is 9.97 Å². The quantitative estimate of drug-likeness (QED) is 0.777. The van der Waals surface area contributed by atoms with Crippen molar-refractivity contribution in [3.8, 4) is 0 Å². The van der Waals surface area contributed by atoms with Crippen molar-refractivity contribution in [1.29, 1.82) is 0 Å². The first-order valence-corrected chi connectivity index (χ1v) is 11.7. The Labute approximate surface area is 178 Å². The maximum Gasteiger partial charge on any atom is 0.257 e. The summed E-state index contributed by atoms with van der Waals surface area (Å²) in [6, 6.07) is 12.2. The van der Waals surface area contributed by atoms with Gasteiger partial charge in [-0.3, -0.25) is 9.69 Å². The number of carbonyl (C=O) groups is 1. The molecule has 4 aliphatic rings. The maximum absolute atomic E-state index is 13.2. The smallest absolute Gasteiger partial charge is 0.257 e. The standard InChI is InChI=1S/C25H30N4O/c30-25(21-12-26-24(27-13-21)19-9-10-19)28-14-17-11-20(16-28)23-8-4-7-22(29(23)15-17)18-5-2-1-3-6-18/h1-3,5-6,12-13,17,19-20,22-23H,4,7-11,14-16H2/t17-,20+,22+,23-/m0/s1. The Morgan fingerprint density at radius 2 is 1.73 bits per heavy atom. The molecule has 5 heteroatoms. The third kappa shape index (κ3) is 3.33. The van der Waals surface area contributed by atoms with Gasteiger partial charge in [0.25, 0.3) is 5.91 Å². The number of aromatic nitrogens is 2. The van der Waals surface area contributed by atoms with E-state index in [9.17, 15) is 4.79 Å². The number of rotatable bonds is 3. The van der Waals surface area contributed by atoms with Crippen molar-refractivity contribution in [3.63, 3.8) is 0 Å². The summed E-state index contributed by atoms with van der Waals surface area (Å²) in [5.74, 6) is 2.71. The summed E-state index contributed by atoms with van der Waals surface area (Å²) in [5, 5.41) is 0. The maximum atomic E-state index is 13.2. The molecular weight excluding hydrogens is 372 g/mol. The lowest BCUT2D eigenvalue weighted by atomic mass is 9.74. The average molecular weight is 403 g/mol. The summed E-state index contributed by atoms with van der Waals surface area (Å²) < 4.78 is 0. The van der Waals surface area contributed by atoms with Gasteiger partial charge in [-0.2, -0.15) is 0 Å². The van der Waals surface area contributed by atoms with E-state index < -0.39 is 0 Å². The van der Waals surface area contributed by atoms with Crippen LogP contribution in [0.3, 0.4) is 0 Å². The molecule has 4 atom stereocenters. The van der Waals surface area contributed by atoms with Crippen LogP contribution >= 0.6 is 0 Å². The number of piperidine rings is 3. The first kappa shape index (κ1) is 18.5. The minimum absolute atomic E-state index is 0.121. The fraction of sp³-hybridized carbons (Fsp3) is 0.560. The van der Waals surface area contributed by atoms with E-state index in [-0.39, 0.29) is 5.91 Å². The summed E-state index contributed by atoms with van der Waals surface area (Å²) in [6.45, 7) is 2.86. The van der Waals surface area contributed by atoms with Crippen molar-refractivity contribution < 1.29 is 4.79 Å². The number of hydrogen-bond donors (Lipinski definition) is 0. The van der Waals surface area contributed by atoms with Crippen molar-refractivity contribution in [2.75, 3.05) is 19.6 Å². The van der Waals surface area contributed by atoms with E-state index in [0.29, 0.717) is 35.4 Å². The highest BCUT2D eigenvalue weighted by Gasteiger charge is 2.45. The Kier molecular flexibility index (Phi) is 4.59. The minimum Gasteiger partial charge on any atom is -0.338 e. The van der Waals surface area contributed by atoms with E-state index >= 15 is 0 Å². The van der Waals surface area contributed by atoms with Gasteiger partial charge < -0.3 is 4.90 Å². The normalized spacial score (nSPS) is 31.3. The zero-order chi connectivity index (χ0) is 20.1. The van der Waals surface area contributed by atoms with Crippen LogP contribution in [0.5, 0.6) is 0 Å². The summed E-state index contributed by atoms with van der Waals surface area (Å²) in [6.07, 6.45) is 11.0. The molecule has 0 spiro atoms.